The molecule has 3 aromatic carbocycles. The summed E-state index contributed by atoms with van der Waals surface area (Å²) in [5.74, 6) is -1.11. The van der Waals surface area contributed by atoms with E-state index in [0.717, 1.165) is 21.9 Å². The number of fused-ring (bicyclic) bond motifs is 1. The Hall–Kier alpha value is -4.24. The molecular formula is C33H41N5O4. The molecule has 3 N–H and O–H groups in total. The Balaban J connectivity index is 1.63. The number of hydrogen-bond donors (Lipinski definition) is 2. The van der Waals surface area contributed by atoms with Crippen molar-refractivity contribution in [1.82, 2.24) is 20.0 Å². The number of nitrogens with zero attached hydrogens (tertiary/aromatic N) is 3. The molecule has 42 heavy (non-hydrogen) atoms. The normalized spacial score (nSPS) is 15.3. The fourth-order valence-electron chi connectivity index (χ4n) is 5.45. The van der Waals surface area contributed by atoms with Crippen LogP contribution in [0.4, 0.5) is 0 Å². The number of amides is 4. The maximum absolute atomic E-state index is 14.3. The average molecular weight is 572 g/mol. The van der Waals surface area contributed by atoms with Crippen molar-refractivity contribution in [1.29, 1.82) is 0 Å². The van der Waals surface area contributed by atoms with Crippen LogP contribution in [0.25, 0.3) is 10.8 Å². The van der Waals surface area contributed by atoms with Crippen LogP contribution in [-0.2, 0) is 32.0 Å². The van der Waals surface area contributed by atoms with Crippen molar-refractivity contribution in [2.75, 3.05) is 33.7 Å². The molecular weight excluding hydrogens is 530 g/mol. The van der Waals surface area contributed by atoms with E-state index >= 15 is 0 Å². The first-order chi connectivity index (χ1) is 20.0. The first-order valence-electron chi connectivity index (χ1n) is 14.3. The van der Waals surface area contributed by atoms with Gasteiger partial charge in [-0.15, -0.1) is 0 Å². The van der Waals surface area contributed by atoms with Gasteiger partial charge in [-0.2, -0.15) is 0 Å². The third-order valence-electron chi connectivity index (χ3n) is 7.76. The van der Waals surface area contributed by atoms with E-state index in [1.54, 1.807) is 32.8 Å². The van der Waals surface area contributed by atoms with Crippen LogP contribution in [0.15, 0.2) is 72.8 Å². The molecule has 9 heteroatoms. The molecule has 222 valence electrons. The van der Waals surface area contributed by atoms with E-state index in [0.29, 0.717) is 13.0 Å². The molecule has 4 amide bonds. The lowest BCUT2D eigenvalue weighted by Gasteiger charge is -2.41. The predicted octanol–water partition coefficient (Wildman–Crippen LogP) is 2.36. The lowest BCUT2D eigenvalue weighted by Crippen LogP contribution is -2.61. The summed E-state index contributed by atoms with van der Waals surface area (Å²) in [4.78, 5) is 58.2. The van der Waals surface area contributed by atoms with Crippen LogP contribution in [0, 0.1) is 0 Å². The van der Waals surface area contributed by atoms with Gasteiger partial charge in [0.05, 0.1) is 6.54 Å². The number of nitrogens with one attached hydrogen (secondary N) is 1. The van der Waals surface area contributed by atoms with Gasteiger partial charge in [0, 0.05) is 52.0 Å². The zero-order chi connectivity index (χ0) is 30.4. The molecule has 3 aromatic rings. The number of nitrogens with two attached hydrogens (primary N) is 1. The Bertz CT molecular complexity index is 1440. The van der Waals surface area contributed by atoms with Crippen molar-refractivity contribution >= 4 is 34.4 Å². The molecule has 2 atom stereocenters. The molecule has 0 unspecified atom stereocenters. The summed E-state index contributed by atoms with van der Waals surface area (Å²) in [5, 5.41) is 4.80. The van der Waals surface area contributed by atoms with E-state index in [9.17, 15) is 19.2 Å². The molecule has 1 aliphatic heterocycles. The zero-order valence-corrected chi connectivity index (χ0v) is 24.9. The van der Waals surface area contributed by atoms with Crippen LogP contribution in [0.2, 0.25) is 0 Å². The second-order valence-electron chi connectivity index (χ2n) is 11.7. The standard InChI is InChI=1S/C33H41N5O4/c1-33(2,34)21-29(39)37-16-17-38(30(40)22-37)28(20-24-14-15-25-12-8-9-13-26(25)18-24)32(42)36(4)27(31(41)35-3)19-23-10-6-5-7-11-23/h5-15,18,27-28H,16-17,19-22,34H2,1-4H3,(H,35,41)/t27-,28-/m1/s1. The second-order valence-corrected chi connectivity index (χ2v) is 11.7. The van der Waals surface area contributed by atoms with Crippen LogP contribution >= 0.6 is 0 Å². The van der Waals surface area contributed by atoms with Crippen molar-refractivity contribution in [2.45, 2.75) is 50.7 Å². The molecule has 0 bridgehead atoms. The molecule has 1 fully saturated rings. The Kier molecular flexibility index (Phi) is 9.63. The Labute approximate surface area is 247 Å². The molecule has 0 radical (unpaired) electrons. The van der Waals surface area contributed by atoms with E-state index in [1.807, 2.05) is 72.8 Å². The maximum Gasteiger partial charge on any atom is 0.246 e. The maximum atomic E-state index is 14.3. The molecule has 1 saturated heterocycles. The molecule has 4 rings (SSSR count). The summed E-state index contributed by atoms with van der Waals surface area (Å²) in [5.41, 5.74) is 7.17. The van der Waals surface area contributed by atoms with Crippen molar-refractivity contribution in [2.24, 2.45) is 5.73 Å². The molecule has 0 aromatic heterocycles. The van der Waals surface area contributed by atoms with Crippen LogP contribution < -0.4 is 11.1 Å². The van der Waals surface area contributed by atoms with Gasteiger partial charge in [0.15, 0.2) is 0 Å². The summed E-state index contributed by atoms with van der Waals surface area (Å²) in [6.45, 7) is 3.93. The lowest BCUT2D eigenvalue weighted by molar-refractivity contribution is -0.154. The van der Waals surface area contributed by atoms with Crippen LogP contribution in [0.5, 0.6) is 0 Å². The second kappa shape index (κ2) is 13.2. The highest BCUT2D eigenvalue weighted by Gasteiger charge is 2.39. The first kappa shape index (κ1) is 30.7. The minimum Gasteiger partial charge on any atom is -0.357 e. The smallest absolute Gasteiger partial charge is 0.246 e. The summed E-state index contributed by atoms with van der Waals surface area (Å²) in [6, 6.07) is 21.9. The Morgan fingerprint density at radius 2 is 1.60 bits per heavy atom. The number of benzene rings is 3. The highest BCUT2D eigenvalue weighted by Crippen LogP contribution is 2.22. The van der Waals surface area contributed by atoms with Gasteiger partial charge in [-0.1, -0.05) is 72.8 Å². The van der Waals surface area contributed by atoms with Gasteiger partial charge < -0.3 is 25.8 Å². The van der Waals surface area contributed by atoms with Gasteiger partial charge in [0.2, 0.25) is 23.6 Å². The van der Waals surface area contributed by atoms with Crippen molar-refractivity contribution in [3.8, 4) is 0 Å². The third-order valence-corrected chi connectivity index (χ3v) is 7.76. The van der Waals surface area contributed by atoms with Crippen molar-refractivity contribution in [3.63, 3.8) is 0 Å². The highest BCUT2D eigenvalue weighted by atomic mass is 16.2. The highest BCUT2D eigenvalue weighted by molar-refractivity contribution is 5.94. The van der Waals surface area contributed by atoms with Gasteiger partial charge in [-0.3, -0.25) is 19.2 Å². The predicted molar refractivity (Wildman–Crippen MR) is 163 cm³/mol. The molecule has 1 aliphatic rings. The fourth-order valence-corrected chi connectivity index (χ4v) is 5.45. The summed E-state index contributed by atoms with van der Waals surface area (Å²) in [6.07, 6.45) is 0.724. The van der Waals surface area contributed by atoms with Crippen molar-refractivity contribution in [3.05, 3.63) is 83.9 Å². The summed E-state index contributed by atoms with van der Waals surface area (Å²) < 4.78 is 0. The average Bonchev–Trinajstić information content (AvgIpc) is 2.97. The Morgan fingerprint density at radius 3 is 2.24 bits per heavy atom. The van der Waals surface area contributed by atoms with Gasteiger partial charge in [0.25, 0.3) is 0 Å². The van der Waals surface area contributed by atoms with E-state index in [-0.39, 0.29) is 49.6 Å². The summed E-state index contributed by atoms with van der Waals surface area (Å²) >= 11 is 0. The van der Waals surface area contributed by atoms with E-state index < -0.39 is 17.6 Å². The number of piperazine rings is 1. The quantitative estimate of drug-likeness (QED) is 0.388. The first-order valence-corrected chi connectivity index (χ1v) is 14.3. The molecule has 0 saturated carbocycles. The van der Waals surface area contributed by atoms with E-state index in [2.05, 4.69) is 5.32 Å². The van der Waals surface area contributed by atoms with E-state index in [4.69, 9.17) is 5.73 Å². The fraction of sp³-hybridized carbons (Fsp3) is 0.394. The number of carbonyl (C=O) groups is 4. The minimum atomic E-state index is -0.852. The van der Waals surface area contributed by atoms with Crippen LogP contribution in [-0.4, -0.2) is 89.7 Å². The topological polar surface area (TPSA) is 116 Å². The van der Waals surface area contributed by atoms with Crippen molar-refractivity contribution < 1.29 is 19.2 Å². The van der Waals surface area contributed by atoms with E-state index in [1.165, 1.54) is 9.80 Å². The molecule has 1 heterocycles. The zero-order valence-electron chi connectivity index (χ0n) is 24.9. The Morgan fingerprint density at radius 1 is 0.929 bits per heavy atom. The van der Waals surface area contributed by atoms with Gasteiger partial charge in [-0.25, -0.2) is 0 Å². The van der Waals surface area contributed by atoms with Gasteiger partial charge in [0.1, 0.15) is 12.1 Å². The van der Waals surface area contributed by atoms with Gasteiger partial charge in [-0.05, 0) is 35.7 Å². The van der Waals surface area contributed by atoms with Crippen LogP contribution in [0.3, 0.4) is 0 Å². The molecule has 0 spiro atoms. The summed E-state index contributed by atoms with van der Waals surface area (Å²) in [7, 11) is 3.17. The minimum absolute atomic E-state index is 0.121. The number of carbonyl (C=O) groups excluding carboxylic acids is 4. The lowest BCUT2D eigenvalue weighted by atomic mass is 9.97. The SMILES string of the molecule is CNC(=O)[C@@H](Cc1ccccc1)N(C)C(=O)[C@@H](Cc1ccc2ccccc2c1)N1CCN(C(=O)CC(C)(C)N)CC1=O. The third kappa shape index (κ3) is 7.53. The number of hydrogen-bond acceptors (Lipinski definition) is 5. The number of rotatable bonds is 10. The number of likely N-dealkylation sites (N-methyl/N-ethyl adjacent to an activating group) is 2. The van der Waals surface area contributed by atoms with Gasteiger partial charge >= 0.3 is 0 Å². The molecule has 9 nitrogen and oxygen atoms in total. The van der Waals surface area contributed by atoms with Crippen LogP contribution in [0.1, 0.15) is 31.4 Å². The largest absolute Gasteiger partial charge is 0.357 e. The molecule has 0 aliphatic carbocycles. The monoisotopic (exact) mass is 571 g/mol.